The number of thiophene rings is 1. The highest BCUT2D eigenvalue weighted by Crippen LogP contribution is 2.29. The Labute approximate surface area is 162 Å². The van der Waals surface area contributed by atoms with Gasteiger partial charge in [-0.05, 0) is 37.8 Å². The maximum absolute atomic E-state index is 12.5. The first kappa shape index (κ1) is 19.6. The fourth-order valence-corrected chi connectivity index (χ4v) is 5.28. The lowest BCUT2D eigenvalue weighted by Gasteiger charge is -2.41. The number of hydrogen-bond acceptors (Lipinski definition) is 4. The fraction of sp³-hybridized carbons (Fsp3) is 0.750. The highest BCUT2D eigenvalue weighted by molar-refractivity contribution is 7.10. The minimum absolute atomic E-state index is 0.00171. The topological polar surface area (TPSA) is 47.6 Å². The number of piperazine rings is 1. The van der Waals surface area contributed by atoms with Crippen LogP contribution in [0.4, 0.5) is 4.79 Å². The number of hydrogen-bond donors (Lipinski definition) is 2. The van der Waals surface area contributed by atoms with Crippen molar-refractivity contribution in [3.8, 4) is 0 Å². The summed E-state index contributed by atoms with van der Waals surface area (Å²) in [4.78, 5) is 18.9. The summed E-state index contributed by atoms with van der Waals surface area (Å²) >= 11 is 1.80. The van der Waals surface area contributed by atoms with Crippen molar-refractivity contribution in [3.63, 3.8) is 0 Å². The smallest absolute Gasteiger partial charge is 0.315 e. The van der Waals surface area contributed by atoms with E-state index in [1.807, 2.05) is 0 Å². The van der Waals surface area contributed by atoms with Crippen LogP contribution in [0.25, 0.3) is 0 Å². The zero-order valence-corrected chi connectivity index (χ0v) is 17.1. The molecule has 1 saturated heterocycles. The van der Waals surface area contributed by atoms with Gasteiger partial charge in [0.05, 0.1) is 6.04 Å². The van der Waals surface area contributed by atoms with Crippen molar-refractivity contribution in [1.82, 2.24) is 20.4 Å². The Morgan fingerprint density at radius 1 is 1.23 bits per heavy atom. The van der Waals surface area contributed by atoms with Crippen LogP contribution in [0, 0.1) is 0 Å². The molecule has 1 aromatic rings. The average Bonchev–Trinajstić information content (AvgIpc) is 3.17. The van der Waals surface area contributed by atoms with E-state index in [2.05, 4.69) is 51.8 Å². The molecule has 3 rings (SSSR count). The van der Waals surface area contributed by atoms with Gasteiger partial charge in [0, 0.05) is 43.1 Å². The molecule has 1 aliphatic heterocycles. The van der Waals surface area contributed by atoms with Crippen molar-refractivity contribution >= 4 is 17.4 Å². The zero-order chi connectivity index (χ0) is 18.4. The second-order valence-electron chi connectivity index (χ2n) is 7.67. The molecule has 2 fully saturated rings. The van der Waals surface area contributed by atoms with Gasteiger partial charge in [-0.3, -0.25) is 4.90 Å². The van der Waals surface area contributed by atoms with Crippen LogP contribution in [-0.2, 0) is 0 Å². The first-order valence-corrected chi connectivity index (χ1v) is 11.1. The van der Waals surface area contributed by atoms with Crippen LogP contribution < -0.4 is 10.6 Å². The third kappa shape index (κ3) is 5.21. The van der Waals surface area contributed by atoms with Gasteiger partial charge in [-0.1, -0.05) is 32.3 Å². The predicted octanol–water partition coefficient (Wildman–Crippen LogP) is 3.45. The lowest BCUT2D eigenvalue weighted by atomic mass is 9.96. The van der Waals surface area contributed by atoms with E-state index in [4.69, 9.17) is 0 Å². The second kappa shape index (κ2) is 9.72. The molecule has 2 amide bonds. The summed E-state index contributed by atoms with van der Waals surface area (Å²) < 4.78 is 0. The van der Waals surface area contributed by atoms with E-state index in [9.17, 15) is 4.79 Å². The second-order valence-corrected chi connectivity index (χ2v) is 8.65. The minimum atomic E-state index is -0.00171. The summed E-state index contributed by atoms with van der Waals surface area (Å²) in [7, 11) is 0. The Morgan fingerprint density at radius 3 is 2.58 bits per heavy atom. The van der Waals surface area contributed by atoms with E-state index < -0.39 is 0 Å². The first-order chi connectivity index (χ1) is 12.7. The van der Waals surface area contributed by atoms with Gasteiger partial charge in [0.1, 0.15) is 0 Å². The van der Waals surface area contributed by atoms with Crippen molar-refractivity contribution < 1.29 is 4.79 Å². The Hall–Kier alpha value is -1.11. The Kier molecular flexibility index (Phi) is 7.34. The lowest BCUT2D eigenvalue weighted by molar-refractivity contribution is 0.0862. The number of carbonyl (C=O) groups excluding carboxylic acids is 1. The Bertz CT molecular complexity index is 536. The normalized spacial score (nSPS) is 22.7. The molecule has 1 aromatic heterocycles. The molecule has 2 N–H and O–H groups in total. The SMILES string of the molecule is CCN1CCN([C@H](c2cccs2)[C@H](C)NC(=O)NC2CCCCC2)CC1. The number of carbonyl (C=O) groups is 1. The van der Waals surface area contributed by atoms with Crippen molar-refractivity contribution in [1.29, 1.82) is 0 Å². The molecule has 0 spiro atoms. The van der Waals surface area contributed by atoms with Crippen LogP contribution in [0.5, 0.6) is 0 Å². The molecule has 0 radical (unpaired) electrons. The molecular formula is C20H34N4OS. The summed E-state index contributed by atoms with van der Waals surface area (Å²) in [5.74, 6) is 0. The van der Waals surface area contributed by atoms with Crippen LogP contribution in [0.1, 0.15) is 56.9 Å². The first-order valence-electron chi connectivity index (χ1n) is 10.2. The van der Waals surface area contributed by atoms with E-state index in [-0.39, 0.29) is 18.1 Å². The van der Waals surface area contributed by atoms with E-state index in [0.717, 1.165) is 45.6 Å². The van der Waals surface area contributed by atoms with Crippen molar-refractivity contribution in [2.45, 2.75) is 64.1 Å². The number of likely N-dealkylation sites (N-methyl/N-ethyl adjacent to an activating group) is 1. The molecule has 5 nitrogen and oxygen atoms in total. The highest BCUT2D eigenvalue weighted by atomic mass is 32.1. The Morgan fingerprint density at radius 2 is 1.96 bits per heavy atom. The van der Waals surface area contributed by atoms with Gasteiger partial charge in [-0.15, -0.1) is 11.3 Å². The zero-order valence-electron chi connectivity index (χ0n) is 16.2. The van der Waals surface area contributed by atoms with Gasteiger partial charge in [0.2, 0.25) is 0 Å². The summed E-state index contributed by atoms with van der Waals surface area (Å²) in [5, 5.41) is 8.57. The fourth-order valence-electron chi connectivity index (χ4n) is 4.32. The van der Waals surface area contributed by atoms with E-state index in [1.54, 1.807) is 11.3 Å². The quantitative estimate of drug-likeness (QED) is 0.797. The number of amides is 2. The molecule has 1 saturated carbocycles. The molecule has 0 aromatic carbocycles. The number of nitrogens with zero attached hydrogens (tertiary/aromatic N) is 2. The van der Waals surface area contributed by atoms with Crippen LogP contribution >= 0.6 is 11.3 Å². The summed E-state index contributed by atoms with van der Waals surface area (Å²) in [6.07, 6.45) is 6.02. The molecule has 0 bridgehead atoms. The average molecular weight is 379 g/mol. The third-order valence-corrected chi connectivity index (χ3v) is 6.80. The third-order valence-electron chi connectivity index (χ3n) is 5.85. The van der Waals surface area contributed by atoms with Crippen LogP contribution in [-0.4, -0.2) is 60.6 Å². The van der Waals surface area contributed by atoms with Gasteiger partial charge in [0.15, 0.2) is 0 Å². The lowest BCUT2D eigenvalue weighted by Crippen LogP contribution is -2.54. The summed E-state index contributed by atoms with van der Waals surface area (Å²) in [6.45, 7) is 9.84. The van der Waals surface area contributed by atoms with Crippen molar-refractivity contribution in [2.75, 3.05) is 32.7 Å². The molecule has 26 heavy (non-hydrogen) atoms. The minimum Gasteiger partial charge on any atom is -0.335 e. The molecule has 0 unspecified atom stereocenters. The molecule has 6 heteroatoms. The highest BCUT2D eigenvalue weighted by Gasteiger charge is 2.30. The molecule has 2 aliphatic rings. The van der Waals surface area contributed by atoms with E-state index in [1.165, 1.54) is 24.1 Å². The number of urea groups is 1. The van der Waals surface area contributed by atoms with Gasteiger partial charge < -0.3 is 15.5 Å². The summed E-state index contributed by atoms with van der Waals surface area (Å²) in [5.41, 5.74) is 0. The van der Waals surface area contributed by atoms with Crippen molar-refractivity contribution in [3.05, 3.63) is 22.4 Å². The number of nitrogens with one attached hydrogen (secondary N) is 2. The maximum atomic E-state index is 12.5. The predicted molar refractivity (Wildman–Crippen MR) is 109 cm³/mol. The Balaban J connectivity index is 1.60. The van der Waals surface area contributed by atoms with Crippen LogP contribution in [0.3, 0.4) is 0 Å². The van der Waals surface area contributed by atoms with Gasteiger partial charge in [-0.25, -0.2) is 4.79 Å². The molecule has 146 valence electrons. The molecular weight excluding hydrogens is 344 g/mol. The van der Waals surface area contributed by atoms with Gasteiger partial charge >= 0.3 is 6.03 Å². The van der Waals surface area contributed by atoms with E-state index >= 15 is 0 Å². The van der Waals surface area contributed by atoms with Gasteiger partial charge in [0.25, 0.3) is 0 Å². The monoisotopic (exact) mass is 378 g/mol. The molecule has 1 aliphatic carbocycles. The summed E-state index contributed by atoms with van der Waals surface area (Å²) in [6, 6.07) is 5.02. The van der Waals surface area contributed by atoms with Crippen molar-refractivity contribution in [2.24, 2.45) is 0 Å². The van der Waals surface area contributed by atoms with Crippen LogP contribution in [0.2, 0.25) is 0 Å². The maximum Gasteiger partial charge on any atom is 0.315 e. The molecule has 2 heterocycles. The van der Waals surface area contributed by atoms with E-state index in [0.29, 0.717) is 6.04 Å². The van der Waals surface area contributed by atoms with Crippen LogP contribution in [0.15, 0.2) is 17.5 Å². The van der Waals surface area contributed by atoms with Gasteiger partial charge in [-0.2, -0.15) is 0 Å². The largest absolute Gasteiger partial charge is 0.335 e. The number of rotatable bonds is 6. The molecule has 2 atom stereocenters. The standard InChI is InChI=1S/C20H34N4OS/c1-3-23-11-13-24(14-12-23)19(18-10-7-15-26-18)16(2)21-20(25)22-17-8-5-4-6-9-17/h7,10,15-17,19H,3-6,8-9,11-14H2,1-2H3,(H2,21,22,25)/t16-,19-/m0/s1.